The van der Waals surface area contributed by atoms with E-state index < -0.39 is 17.4 Å². The topological polar surface area (TPSA) is 93.1 Å². The van der Waals surface area contributed by atoms with Gasteiger partial charge in [-0.3, -0.25) is 0 Å². The molecule has 0 saturated heterocycles. The van der Waals surface area contributed by atoms with Gasteiger partial charge in [-0.1, -0.05) is 89.2 Å². The molecule has 0 fully saturated rings. The standard InChI is InChI=1S/C39H48O6/c1-8-10-11-12-28-13-15-30(16-14-28)33-18-17-31(21-29(33)9-2)34-23-35(44-37(42)26(3)4)32(19-20-39(7,24-40)25-41)22-36(34)45-38(43)27(5)6/h13-18,21-23,40-41H,3,5,8-12,19-20,24-25H2,1-2,4,6-7H3. The van der Waals surface area contributed by atoms with Gasteiger partial charge >= 0.3 is 11.9 Å². The van der Waals surface area contributed by atoms with Gasteiger partial charge in [0.25, 0.3) is 0 Å². The summed E-state index contributed by atoms with van der Waals surface area (Å²) in [7, 11) is 0. The average Bonchev–Trinajstić information content (AvgIpc) is 3.04. The van der Waals surface area contributed by atoms with Crippen molar-refractivity contribution in [2.45, 2.75) is 79.6 Å². The number of unbranched alkanes of at least 4 members (excludes halogenated alkanes) is 2. The number of esters is 2. The van der Waals surface area contributed by atoms with E-state index in [2.05, 4.69) is 63.4 Å². The van der Waals surface area contributed by atoms with Gasteiger partial charge in [-0.05, 0) is 91.5 Å². The number of aliphatic hydroxyl groups excluding tert-OH is 2. The van der Waals surface area contributed by atoms with E-state index in [0.717, 1.165) is 35.1 Å². The van der Waals surface area contributed by atoms with Crippen LogP contribution >= 0.6 is 0 Å². The maximum atomic E-state index is 12.8. The summed E-state index contributed by atoms with van der Waals surface area (Å²) in [6, 6.07) is 18.3. The van der Waals surface area contributed by atoms with Gasteiger partial charge in [-0.25, -0.2) is 9.59 Å². The second-order valence-corrected chi connectivity index (χ2v) is 12.3. The van der Waals surface area contributed by atoms with E-state index in [-0.39, 0.29) is 24.4 Å². The average molecular weight is 613 g/mol. The van der Waals surface area contributed by atoms with E-state index in [0.29, 0.717) is 35.5 Å². The second-order valence-electron chi connectivity index (χ2n) is 12.3. The third-order valence-electron chi connectivity index (χ3n) is 8.16. The van der Waals surface area contributed by atoms with Gasteiger partial charge in [0.05, 0.1) is 13.2 Å². The summed E-state index contributed by atoms with van der Waals surface area (Å²) in [5.74, 6) is -0.555. The van der Waals surface area contributed by atoms with Gasteiger partial charge in [0, 0.05) is 22.1 Å². The summed E-state index contributed by atoms with van der Waals surface area (Å²) in [5.41, 5.74) is 6.42. The third-order valence-corrected chi connectivity index (χ3v) is 8.16. The molecule has 0 bridgehead atoms. The fourth-order valence-electron chi connectivity index (χ4n) is 4.99. The number of aryl methyl sites for hydroxylation is 3. The number of hydrogen-bond donors (Lipinski definition) is 2. The Hall–Kier alpha value is -4.00. The van der Waals surface area contributed by atoms with E-state index in [1.807, 2.05) is 6.07 Å². The predicted molar refractivity (Wildman–Crippen MR) is 181 cm³/mol. The molecule has 0 atom stereocenters. The lowest BCUT2D eigenvalue weighted by Gasteiger charge is -2.25. The van der Waals surface area contributed by atoms with Crippen LogP contribution in [0, 0.1) is 5.41 Å². The Morgan fingerprint density at radius 2 is 1.33 bits per heavy atom. The molecule has 0 aromatic heterocycles. The highest BCUT2D eigenvalue weighted by atomic mass is 16.5. The first-order chi connectivity index (χ1) is 21.4. The number of benzene rings is 3. The minimum atomic E-state index is -0.748. The molecule has 0 spiro atoms. The highest BCUT2D eigenvalue weighted by Gasteiger charge is 2.25. The van der Waals surface area contributed by atoms with Crippen LogP contribution in [-0.2, 0) is 28.9 Å². The van der Waals surface area contributed by atoms with E-state index in [1.165, 1.54) is 24.8 Å². The molecule has 0 radical (unpaired) electrons. The van der Waals surface area contributed by atoms with Crippen molar-refractivity contribution >= 4 is 11.9 Å². The Bertz CT molecular complexity index is 1510. The molecule has 0 aliphatic rings. The fraction of sp³-hybridized carbons (Fsp3) is 0.385. The third kappa shape index (κ3) is 9.49. The number of hydrogen-bond acceptors (Lipinski definition) is 6. The maximum absolute atomic E-state index is 12.8. The first-order valence-electron chi connectivity index (χ1n) is 15.8. The highest BCUT2D eigenvalue weighted by molar-refractivity contribution is 5.92. The molecule has 0 aliphatic heterocycles. The number of rotatable bonds is 16. The molecule has 3 aromatic carbocycles. The van der Waals surface area contributed by atoms with Crippen LogP contribution in [-0.4, -0.2) is 35.4 Å². The van der Waals surface area contributed by atoms with Crippen LogP contribution < -0.4 is 9.47 Å². The summed E-state index contributed by atoms with van der Waals surface area (Å²) < 4.78 is 11.6. The first-order valence-corrected chi connectivity index (χ1v) is 15.8. The Morgan fingerprint density at radius 1 is 0.733 bits per heavy atom. The molecule has 6 heteroatoms. The summed E-state index contributed by atoms with van der Waals surface area (Å²) in [6.45, 7) is 16.3. The highest BCUT2D eigenvalue weighted by Crippen LogP contribution is 2.40. The molecule has 240 valence electrons. The molecular weight excluding hydrogens is 564 g/mol. The van der Waals surface area contributed by atoms with Crippen LogP contribution in [0.25, 0.3) is 22.3 Å². The van der Waals surface area contributed by atoms with Crippen molar-refractivity contribution in [1.29, 1.82) is 0 Å². The van der Waals surface area contributed by atoms with Crippen LogP contribution in [0.1, 0.15) is 77.0 Å². The normalized spacial score (nSPS) is 11.3. The molecule has 0 unspecified atom stereocenters. The van der Waals surface area contributed by atoms with Crippen LogP contribution in [0.15, 0.2) is 78.9 Å². The summed E-state index contributed by atoms with van der Waals surface area (Å²) in [5, 5.41) is 19.7. The summed E-state index contributed by atoms with van der Waals surface area (Å²) in [4.78, 5) is 25.4. The Kier molecular flexibility index (Phi) is 12.9. The molecule has 0 heterocycles. The zero-order valence-electron chi connectivity index (χ0n) is 27.5. The second kappa shape index (κ2) is 16.4. The molecule has 3 rings (SSSR count). The van der Waals surface area contributed by atoms with Crippen LogP contribution in [0.4, 0.5) is 0 Å². The van der Waals surface area contributed by atoms with Crippen molar-refractivity contribution in [2.75, 3.05) is 13.2 Å². The van der Waals surface area contributed by atoms with E-state index in [4.69, 9.17) is 9.47 Å². The zero-order valence-corrected chi connectivity index (χ0v) is 27.5. The molecule has 45 heavy (non-hydrogen) atoms. The Labute approximate surface area is 268 Å². The van der Waals surface area contributed by atoms with Gasteiger partial charge < -0.3 is 19.7 Å². The molecule has 0 amide bonds. The minimum absolute atomic E-state index is 0.215. The lowest BCUT2D eigenvalue weighted by atomic mass is 9.85. The molecule has 0 saturated carbocycles. The van der Waals surface area contributed by atoms with Crippen molar-refractivity contribution in [3.8, 4) is 33.8 Å². The van der Waals surface area contributed by atoms with Gasteiger partial charge in [-0.15, -0.1) is 0 Å². The molecular formula is C39H48O6. The first kappa shape index (κ1) is 35.5. The van der Waals surface area contributed by atoms with Crippen molar-refractivity contribution < 1.29 is 29.3 Å². The summed E-state index contributed by atoms with van der Waals surface area (Å²) >= 11 is 0. The monoisotopic (exact) mass is 612 g/mol. The van der Waals surface area contributed by atoms with Crippen molar-refractivity contribution in [2.24, 2.45) is 5.41 Å². The van der Waals surface area contributed by atoms with Crippen molar-refractivity contribution in [1.82, 2.24) is 0 Å². The number of ether oxygens (including phenoxy) is 2. The number of carbonyl (C=O) groups excluding carboxylic acids is 2. The van der Waals surface area contributed by atoms with Crippen LogP contribution in [0.5, 0.6) is 11.5 Å². The fourth-order valence-corrected chi connectivity index (χ4v) is 4.99. The Balaban J connectivity index is 2.13. The largest absolute Gasteiger partial charge is 0.423 e. The molecule has 2 N–H and O–H groups in total. The quantitative estimate of drug-likeness (QED) is 0.0733. The number of carbonyl (C=O) groups is 2. The summed E-state index contributed by atoms with van der Waals surface area (Å²) in [6.07, 6.45) is 6.22. The van der Waals surface area contributed by atoms with Gasteiger partial charge in [0.1, 0.15) is 11.5 Å². The number of aliphatic hydroxyl groups is 2. The van der Waals surface area contributed by atoms with E-state index in [9.17, 15) is 19.8 Å². The smallest absolute Gasteiger partial charge is 0.338 e. The van der Waals surface area contributed by atoms with Gasteiger partial charge in [0.15, 0.2) is 0 Å². The van der Waals surface area contributed by atoms with Gasteiger partial charge in [0.2, 0.25) is 0 Å². The zero-order chi connectivity index (χ0) is 33.1. The van der Waals surface area contributed by atoms with Crippen LogP contribution in [0.3, 0.4) is 0 Å². The minimum Gasteiger partial charge on any atom is -0.423 e. The predicted octanol–water partition coefficient (Wildman–Crippen LogP) is 8.20. The molecule has 0 aliphatic carbocycles. The SMILES string of the molecule is C=C(C)C(=O)Oc1cc(-c2ccc(-c3ccc(CCCCC)cc3)c(CC)c2)c(OC(=O)C(=C)C)cc1CCC(C)(CO)CO. The van der Waals surface area contributed by atoms with Crippen molar-refractivity contribution in [3.63, 3.8) is 0 Å². The molecule has 6 nitrogen and oxygen atoms in total. The van der Waals surface area contributed by atoms with E-state index >= 15 is 0 Å². The maximum Gasteiger partial charge on any atom is 0.338 e. The Morgan fingerprint density at radius 3 is 1.89 bits per heavy atom. The lowest BCUT2D eigenvalue weighted by Crippen LogP contribution is -2.26. The van der Waals surface area contributed by atoms with E-state index in [1.54, 1.807) is 32.9 Å². The van der Waals surface area contributed by atoms with Crippen molar-refractivity contribution in [3.05, 3.63) is 95.6 Å². The lowest BCUT2D eigenvalue weighted by molar-refractivity contribution is -0.131. The van der Waals surface area contributed by atoms with Crippen LogP contribution in [0.2, 0.25) is 0 Å². The van der Waals surface area contributed by atoms with Gasteiger partial charge in [-0.2, -0.15) is 0 Å². The molecule has 3 aromatic rings.